The number of nitriles is 1. The summed E-state index contributed by atoms with van der Waals surface area (Å²) < 4.78 is 0. The molecule has 1 saturated heterocycles. The minimum atomic E-state index is -0.763. The van der Waals surface area contributed by atoms with E-state index in [1.54, 1.807) is 19.2 Å². The van der Waals surface area contributed by atoms with Crippen LogP contribution in [0.2, 0.25) is 0 Å². The summed E-state index contributed by atoms with van der Waals surface area (Å²) >= 11 is 0. The van der Waals surface area contributed by atoms with Gasteiger partial charge in [-0.15, -0.1) is 0 Å². The third-order valence-electron chi connectivity index (χ3n) is 3.24. The minimum Gasteiger partial charge on any atom is -0.481 e. The van der Waals surface area contributed by atoms with Gasteiger partial charge >= 0.3 is 5.97 Å². The van der Waals surface area contributed by atoms with Gasteiger partial charge in [0.15, 0.2) is 5.69 Å². The van der Waals surface area contributed by atoms with E-state index in [-0.39, 0.29) is 11.8 Å². The smallest absolute Gasteiger partial charge is 0.306 e. The van der Waals surface area contributed by atoms with Crippen LogP contribution in [0.1, 0.15) is 12.6 Å². The third-order valence-corrected chi connectivity index (χ3v) is 3.24. The van der Waals surface area contributed by atoms with Crippen molar-refractivity contribution in [3.8, 4) is 6.07 Å². The maximum absolute atomic E-state index is 10.8. The van der Waals surface area contributed by atoms with Crippen LogP contribution >= 0.6 is 0 Å². The number of rotatable bonds is 3. The Hall–Kier alpha value is -2.09. The lowest BCUT2D eigenvalue weighted by Crippen LogP contribution is -2.51. The van der Waals surface area contributed by atoms with Crippen molar-refractivity contribution in [2.24, 2.45) is 11.8 Å². The van der Waals surface area contributed by atoms with Crippen molar-refractivity contribution < 1.29 is 9.90 Å². The summed E-state index contributed by atoms with van der Waals surface area (Å²) in [6.07, 6.45) is 1.58. The molecule has 0 aromatic carbocycles. The molecule has 1 aliphatic heterocycles. The second-order valence-corrected chi connectivity index (χ2v) is 4.27. The fourth-order valence-corrected chi connectivity index (χ4v) is 1.97. The molecule has 2 heterocycles. The lowest BCUT2D eigenvalue weighted by Gasteiger charge is -2.42. The summed E-state index contributed by atoms with van der Waals surface area (Å²) in [5.74, 6) is -0.950. The van der Waals surface area contributed by atoms with Crippen molar-refractivity contribution in [1.82, 2.24) is 4.98 Å². The van der Waals surface area contributed by atoms with E-state index in [1.807, 2.05) is 17.0 Å². The second kappa shape index (κ2) is 4.42. The molecule has 1 aromatic heterocycles. The van der Waals surface area contributed by atoms with Crippen LogP contribution in [-0.2, 0) is 4.79 Å². The van der Waals surface area contributed by atoms with Crippen molar-refractivity contribution in [3.05, 3.63) is 24.0 Å². The zero-order chi connectivity index (χ0) is 12.4. The molecule has 0 amide bonds. The monoisotopic (exact) mass is 231 g/mol. The van der Waals surface area contributed by atoms with E-state index in [2.05, 4.69) is 4.98 Å². The standard InChI is InChI=1S/C12H13N3O2/c1-8(12(16)17)9-6-15(7-9)11-3-2-4-14-10(11)5-13/h2-4,8-9H,6-7H2,1H3,(H,16,17). The van der Waals surface area contributed by atoms with Gasteiger partial charge in [-0.05, 0) is 12.1 Å². The predicted molar refractivity (Wildman–Crippen MR) is 61.5 cm³/mol. The largest absolute Gasteiger partial charge is 0.481 e. The van der Waals surface area contributed by atoms with Crippen molar-refractivity contribution in [3.63, 3.8) is 0 Å². The molecule has 0 spiro atoms. The maximum Gasteiger partial charge on any atom is 0.306 e. The number of carboxylic acid groups (broad SMARTS) is 1. The Kier molecular flexibility index (Phi) is 2.96. The van der Waals surface area contributed by atoms with Gasteiger partial charge < -0.3 is 10.0 Å². The zero-order valence-electron chi connectivity index (χ0n) is 9.50. The second-order valence-electron chi connectivity index (χ2n) is 4.27. The first-order valence-electron chi connectivity index (χ1n) is 5.46. The van der Waals surface area contributed by atoms with Gasteiger partial charge in [-0.2, -0.15) is 5.26 Å². The Bertz CT molecular complexity index is 475. The van der Waals surface area contributed by atoms with Gasteiger partial charge in [0.1, 0.15) is 6.07 Å². The summed E-state index contributed by atoms with van der Waals surface area (Å²) in [4.78, 5) is 16.8. The van der Waals surface area contributed by atoms with Crippen LogP contribution in [0.3, 0.4) is 0 Å². The van der Waals surface area contributed by atoms with E-state index in [0.717, 1.165) is 5.69 Å². The van der Waals surface area contributed by atoms with E-state index in [4.69, 9.17) is 10.4 Å². The molecule has 1 N–H and O–H groups in total. The number of aliphatic carboxylic acids is 1. The molecule has 0 aliphatic carbocycles. The fraction of sp³-hybridized carbons (Fsp3) is 0.417. The number of carbonyl (C=O) groups is 1. The van der Waals surface area contributed by atoms with Crippen LogP contribution in [0.25, 0.3) is 0 Å². The minimum absolute atomic E-state index is 0.152. The Morgan fingerprint density at radius 1 is 1.71 bits per heavy atom. The van der Waals surface area contributed by atoms with Gasteiger partial charge in [-0.1, -0.05) is 6.92 Å². The van der Waals surface area contributed by atoms with Gasteiger partial charge in [0.25, 0.3) is 0 Å². The molecule has 1 atom stereocenters. The van der Waals surface area contributed by atoms with Crippen molar-refractivity contribution in [1.29, 1.82) is 5.26 Å². The quantitative estimate of drug-likeness (QED) is 0.843. The van der Waals surface area contributed by atoms with Gasteiger partial charge in [-0.3, -0.25) is 4.79 Å². The Labute approximate surface area is 99.3 Å². The number of aromatic nitrogens is 1. The maximum atomic E-state index is 10.8. The number of hydrogen-bond acceptors (Lipinski definition) is 4. The molecule has 5 nitrogen and oxygen atoms in total. The van der Waals surface area contributed by atoms with E-state index in [1.165, 1.54) is 0 Å². The van der Waals surface area contributed by atoms with Crippen LogP contribution in [-0.4, -0.2) is 29.1 Å². The normalized spacial score (nSPS) is 17.1. The molecule has 1 unspecified atom stereocenters. The van der Waals surface area contributed by atoms with E-state index in [9.17, 15) is 4.79 Å². The average molecular weight is 231 g/mol. The summed E-state index contributed by atoms with van der Waals surface area (Å²) in [6.45, 7) is 3.07. The molecular formula is C12H13N3O2. The summed E-state index contributed by atoms with van der Waals surface area (Å²) in [5, 5.41) is 17.8. The highest BCUT2D eigenvalue weighted by atomic mass is 16.4. The van der Waals surface area contributed by atoms with Gasteiger partial charge in [0, 0.05) is 25.2 Å². The lowest BCUT2D eigenvalue weighted by molar-refractivity contribution is -0.143. The SMILES string of the molecule is CC(C(=O)O)C1CN(c2cccnc2C#N)C1. The lowest BCUT2D eigenvalue weighted by atomic mass is 9.86. The predicted octanol–water partition coefficient (Wildman–Crippen LogP) is 1.11. The Morgan fingerprint density at radius 2 is 2.41 bits per heavy atom. The van der Waals surface area contributed by atoms with E-state index in [0.29, 0.717) is 18.8 Å². The fourth-order valence-electron chi connectivity index (χ4n) is 1.97. The zero-order valence-corrected chi connectivity index (χ0v) is 9.50. The molecular weight excluding hydrogens is 218 g/mol. The van der Waals surface area contributed by atoms with E-state index >= 15 is 0 Å². The van der Waals surface area contributed by atoms with Crippen LogP contribution in [0.4, 0.5) is 5.69 Å². The molecule has 1 fully saturated rings. The van der Waals surface area contributed by atoms with Gasteiger partial charge in [-0.25, -0.2) is 4.98 Å². The van der Waals surface area contributed by atoms with Crippen molar-refractivity contribution >= 4 is 11.7 Å². The van der Waals surface area contributed by atoms with Crippen molar-refractivity contribution in [2.75, 3.05) is 18.0 Å². The van der Waals surface area contributed by atoms with Crippen molar-refractivity contribution in [2.45, 2.75) is 6.92 Å². The van der Waals surface area contributed by atoms with Crippen LogP contribution < -0.4 is 4.90 Å². The molecule has 1 aliphatic rings. The molecule has 0 saturated carbocycles. The van der Waals surface area contributed by atoms with Gasteiger partial charge in [0.05, 0.1) is 11.6 Å². The van der Waals surface area contributed by atoms with Crippen LogP contribution in [0, 0.1) is 23.2 Å². The highest BCUT2D eigenvalue weighted by Gasteiger charge is 2.35. The molecule has 5 heteroatoms. The van der Waals surface area contributed by atoms with Crippen LogP contribution in [0.15, 0.2) is 18.3 Å². The molecule has 1 aromatic rings. The highest BCUT2D eigenvalue weighted by Crippen LogP contribution is 2.30. The first-order chi connectivity index (χ1) is 8.13. The number of nitrogens with zero attached hydrogens (tertiary/aromatic N) is 3. The Balaban J connectivity index is 2.05. The highest BCUT2D eigenvalue weighted by molar-refractivity contribution is 5.71. The summed E-state index contributed by atoms with van der Waals surface area (Å²) in [7, 11) is 0. The molecule has 0 radical (unpaired) electrons. The average Bonchev–Trinajstić information content (AvgIpc) is 2.27. The summed E-state index contributed by atoms with van der Waals surface area (Å²) in [5.41, 5.74) is 1.19. The Morgan fingerprint density at radius 3 is 3.00 bits per heavy atom. The molecule has 2 rings (SSSR count). The molecule has 17 heavy (non-hydrogen) atoms. The summed E-state index contributed by atoms with van der Waals surface area (Å²) in [6, 6.07) is 5.66. The third kappa shape index (κ3) is 2.07. The number of carboxylic acids is 1. The molecule has 88 valence electrons. The van der Waals surface area contributed by atoms with E-state index < -0.39 is 5.97 Å². The van der Waals surface area contributed by atoms with Gasteiger partial charge in [0.2, 0.25) is 0 Å². The molecule has 0 bridgehead atoms. The topological polar surface area (TPSA) is 77.2 Å². The first-order valence-corrected chi connectivity index (χ1v) is 5.46. The first kappa shape index (κ1) is 11.4. The number of hydrogen-bond donors (Lipinski definition) is 1. The number of anilines is 1. The van der Waals surface area contributed by atoms with Crippen LogP contribution in [0.5, 0.6) is 0 Å². The number of pyridine rings is 1.